The highest BCUT2D eigenvalue weighted by Gasteiger charge is 2.13. The molecule has 0 radical (unpaired) electrons. The van der Waals surface area contributed by atoms with Gasteiger partial charge in [-0.25, -0.2) is 0 Å². The van der Waals surface area contributed by atoms with Crippen LogP contribution in [0.3, 0.4) is 0 Å². The molecule has 3 N–H and O–H groups in total. The van der Waals surface area contributed by atoms with E-state index in [1.165, 1.54) is 32.5 Å². The molecule has 0 aliphatic rings. The van der Waals surface area contributed by atoms with Crippen molar-refractivity contribution in [2.45, 2.75) is 46.2 Å². The number of aromatic nitrogens is 2. The molecule has 5 nitrogen and oxygen atoms in total. The van der Waals surface area contributed by atoms with Gasteiger partial charge in [-0.05, 0) is 45.0 Å². The molecule has 0 fully saturated rings. The quantitative estimate of drug-likeness (QED) is 0.682. The average molecular weight is 353 g/mol. The summed E-state index contributed by atoms with van der Waals surface area (Å²) in [6.07, 6.45) is 2.47. The zero-order chi connectivity index (χ0) is 17.4. The molecule has 24 heavy (non-hydrogen) atoms. The molecule has 1 heterocycles. The van der Waals surface area contributed by atoms with Crippen LogP contribution in [0.25, 0.3) is 11.5 Å². The number of rotatable bonds is 10. The number of halogens is 1. The summed E-state index contributed by atoms with van der Waals surface area (Å²) in [7, 11) is 0. The second kappa shape index (κ2) is 9.77. The molecular formula is C18H29ClN4O+2. The Balaban J connectivity index is 1.75. The topological polar surface area (TPSA) is 60.0 Å². The zero-order valence-corrected chi connectivity index (χ0v) is 15.6. The van der Waals surface area contributed by atoms with Crippen molar-refractivity contribution < 1.29 is 14.6 Å². The van der Waals surface area contributed by atoms with Gasteiger partial charge in [0.15, 0.2) is 6.54 Å². The summed E-state index contributed by atoms with van der Waals surface area (Å²) in [4.78, 5) is 1.67. The largest absolute Gasteiger partial charge is 0.415 e. The Morgan fingerprint density at radius 3 is 2.54 bits per heavy atom. The van der Waals surface area contributed by atoms with Crippen molar-refractivity contribution in [2.75, 3.05) is 19.6 Å². The first-order chi connectivity index (χ1) is 11.6. The second-order valence-electron chi connectivity index (χ2n) is 6.27. The molecule has 1 aromatic carbocycles. The zero-order valence-electron chi connectivity index (χ0n) is 14.9. The maximum Gasteiger partial charge on any atom is 0.271 e. The van der Waals surface area contributed by atoms with Crippen LogP contribution in [0.2, 0.25) is 5.02 Å². The molecule has 132 valence electrons. The summed E-state index contributed by atoms with van der Waals surface area (Å²) < 4.78 is 5.74. The van der Waals surface area contributed by atoms with Crippen LogP contribution < -0.4 is 10.2 Å². The van der Waals surface area contributed by atoms with Crippen molar-refractivity contribution in [1.82, 2.24) is 10.2 Å². The maximum atomic E-state index is 5.90. The molecule has 0 bridgehead atoms. The average Bonchev–Trinajstić information content (AvgIpc) is 3.06. The third-order valence-electron chi connectivity index (χ3n) is 4.44. The van der Waals surface area contributed by atoms with Gasteiger partial charge in [0.25, 0.3) is 5.89 Å². The van der Waals surface area contributed by atoms with Gasteiger partial charge in [0, 0.05) is 23.4 Å². The Kier molecular flexibility index (Phi) is 7.69. The van der Waals surface area contributed by atoms with Gasteiger partial charge >= 0.3 is 0 Å². The Hall–Kier alpha value is -1.43. The number of nitrogens with two attached hydrogens (primary N) is 1. The molecule has 0 unspecified atom stereocenters. The summed E-state index contributed by atoms with van der Waals surface area (Å²) in [5, 5.41) is 11.2. The van der Waals surface area contributed by atoms with E-state index in [0.717, 1.165) is 12.1 Å². The first kappa shape index (κ1) is 18.9. The summed E-state index contributed by atoms with van der Waals surface area (Å²) in [5.41, 5.74) is 0.897. The minimum Gasteiger partial charge on any atom is -0.415 e. The lowest BCUT2D eigenvalue weighted by Crippen LogP contribution is -3.11. The molecule has 2 rings (SSSR count). The van der Waals surface area contributed by atoms with Crippen molar-refractivity contribution in [1.29, 1.82) is 0 Å². The first-order valence-corrected chi connectivity index (χ1v) is 9.25. The lowest BCUT2D eigenvalue weighted by Gasteiger charge is -2.16. The van der Waals surface area contributed by atoms with Crippen LogP contribution in [0.5, 0.6) is 0 Å². The van der Waals surface area contributed by atoms with Gasteiger partial charge in [-0.1, -0.05) is 11.6 Å². The second-order valence-corrected chi connectivity index (χ2v) is 6.71. The van der Waals surface area contributed by atoms with Gasteiger partial charge < -0.3 is 14.6 Å². The minimum atomic E-state index is 0.549. The van der Waals surface area contributed by atoms with Crippen molar-refractivity contribution in [3.05, 3.63) is 35.2 Å². The number of nitrogens with one attached hydrogen (secondary N) is 1. The van der Waals surface area contributed by atoms with Crippen LogP contribution in [-0.2, 0) is 6.54 Å². The molecule has 1 atom stereocenters. The lowest BCUT2D eigenvalue weighted by molar-refractivity contribution is -0.896. The molecule has 6 heteroatoms. The van der Waals surface area contributed by atoms with E-state index in [2.05, 4.69) is 36.3 Å². The molecule has 2 aromatic rings. The molecule has 0 saturated carbocycles. The number of benzene rings is 1. The summed E-state index contributed by atoms with van der Waals surface area (Å²) in [6, 6.07) is 7.99. The summed E-state index contributed by atoms with van der Waals surface area (Å²) in [5.74, 6) is 1.22. The molecule has 0 amide bonds. The highest BCUT2D eigenvalue weighted by Crippen LogP contribution is 2.19. The van der Waals surface area contributed by atoms with Crippen LogP contribution in [-0.4, -0.2) is 35.9 Å². The van der Waals surface area contributed by atoms with Crippen LogP contribution in [0.1, 0.15) is 39.5 Å². The van der Waals surface area contributed by atoms with E-state index in [9.17, 15) is 0 Å². The Morgan fingerprint density at radius 1 is 1.17 bits per heavy atom. The molecule has 0 aliphatic heterocycles. The monoisotopic (exact) mass is 352 g/mol. The molecule has 0 spiro atoms. The number of hydrogen-bond acceptors (Lipinski definition) is 3. The number of nitrogens with zero attached hydrogens (tertiary/aromatic N) is 2. The van der Waals surface area contributed by atoms with Gasteiger partial charge in [-0.15, -0.1) is 10.2 Å². The Bertz CT molecular complexity index is 595. The molecule has 0 saturated heterocycles. The van der Waals surface area contributed by atoms with E-state index in [-0.39, 0.29) is 0 Å². The fraction of sp³-hybridized carbons (Fsp3) is 0.556. The first-order valence-electron chi connectivity index (χ1n) is 8.87. The van der Waals surface area contributed by atoms with Gasteiger partial charge in [0.05, 0.1) is 25.7 Å². The number of quaternary nitrogens is 2. The van der Waals surface area contributed by atoms with E-state index >= 15 is 0 Å². The highest BCUT2D eigenvalue weighted by molar-refractivity contribution is 6.30. The fourth-order valence-corrected chi connectivity index (χ4v) is 2.87. The van der Waals surface area contributed by atoms with E-state index in [0.29, 0.717) is 22.8 Å². The van der Waals surface area contributed by atoms with Crippen molar-refractivity contribution in [3.8, 4) is 11.5 Å². The van der Waals surface area contributed by atoms with E-state index in [1.807, 2.05) is 24.3 Å². The molecule has 0 aliphatic carbocycles. The standard InChI is InChI=1S/C18H27ClN4O/c1-4-23(5-2)12-6-7-14(3)20-13-17-21-22-18(24-17)15-8-10-16(19)11-9-15/h8-11,14,20H,4-7,12-13H2,1-3H3/p+2/t14-/m0/s1. The van der Waals surface area contributed by atoms with Gasteiger partial charge in [-0.2, -0.15) is 0 Å². The number of hydrogen-bond donors (Lipinski definition) is 2. The predicted octanol–water partition coefficient (Wildman–Crippen LogP) is 1.55. The Morgan fingerprint density at radius 2 is 1.88 bits per heavy atom. The van der Waals surface area contributed by atoms with Gasteiger partial charge in [-0.3, -0.25) is 0 Å². The minimum absolute atomic E-state index is 0.549. The third-order valence-corrected chi connectivity index (χ3v) is 4.69. The van der Waals surface area contributed by atoms with E-state index < -0.39 is 0 Å². The third kappa shape index (κ3) is 5.89. The van der Waals surface area contributed by atoms with Crippen LogP contribution in [0.15, 0.2) is 28.7 Å². The fourth-order valence-electron chi connectivity index (χ4n) is 2.74. The van der Waals surface area contributed by atoms with Gasteiger partial charge in [0.2, 0.25) is 5.89 Å². The highest BCUT2D eigenvalue weighted by atomic mass is 35.5. The normalized spacial score (nSPS) is 12.7. The smallest absolute Gasteiger partial charge is 0.271 e. The van der Waals surface area contributed by atoms with E-state index in [1.54, 1.807) is 4.90 Å². The molecule has 1 aromatic heterocycles. The van der Waals surface area contributed by atoms with Crippen LogP contribution in [0.4, 0.5) is 0 Å². The SMILES string of the molecule is CC[NH+](CC)CCC[C@H](C)[NH2+]Cc1nnc(-c2ccc(Cl)cc2)o1. The van der Waals surface area contributed by atoms with Crippen LogP contribution >= 0.6 is 11.6 Å². The van der Waals surface area contributed by atoms with Crippen molar-refractivity contribution >= 4 is 11.6 Å². The predicted molar refractivity (Wildman–Crippen MR) is 96.0 cm³/mol. The van der Waals surface area contributed by atoms with Crippen molar-refractivity contribution in [3.63, 3.8) is 0 Å². The van der Waals surface area contributed by atoms with E-state index in [4.69, 9.17) is 16.0 Å². The summed E-state index contributed by atoms with van der Waals surface area (Å²) >= 11 is 5.90. The lowest BCUT2D eigenvalue weighted by atomic mass is 10.1. The summed E-state index contributed by atoms with van der Waals surface area (Å²) in [6.45, 7) is 11.2. The van der Waals surface area contributed by atoms with Crippen molar-refractivity contribution in [2.24, 2.45) is 0 Å². The Labute approximate surface area is 149 Å². The maximum absolute atomic E-state index is 5.90. The van der Waals surface area contributed by atoms with Crippen LogP contribution in [0, 0.1) is 0 Å². The molecular weight excluding hydrogens is 324 g/mol. The van der Waals surface area contributed by atoms with Gasteiger partial charge in [0.1, 0.15) is 0 Å².